The Morgan fingerprint density at radius 1 is 0.431 bits per heavy atom. The molecular formula is C39H40F22O11. The minimum Gasteiger partial charge on any atom is -0.487 e. The summed E-state index contributed by atoms with van der Waals surface area (Å²) in [5.41, 5.74) is -8.59. The predicted octanol–water partition coefficient (Wildman–Crippen LogP) is 11.8. The molecule has 0 amide bonds. The highest BCUT2D eigenvalue weighted by molar-refractivity contribution is 5.92. The van der Waals surface area contributed by atoms with Gasteiger partial charge in [-0.3, -0.25) is 14.2 Å². The van der Waals surface area contributed by atoms with E-state index in [0.717, 1.165) is 0 Å². The van der Waals surface area contributed by atoms with Crippen molar-refractivity contribution in [3.05, 3.63) is 48.0 Å². The monoisotopic (exact) mass is 1100 g/mol. The third kappa shape index (κ3) is 17.0. The fourth-order valence-corrected chi connectivity index (χ4v) is 4.39. The second kappa shape index (κ2) is 23.0. The van der Waals surface area contributed by atoms with Gasteiger partial charge in [0.05, 0.1) is 25.4 Å². The zero-order valence-electron chi connectivity index (χ0n) is 37.2. The summed E-state index contributed by atoms with van der Waals surface area (Å²) >= 11 is 0. The number of hydrogen-bond donors (Lipinski definition) is 0. The van der Waals surface area contributed by atoms with Gasteiger partial charge in [-0.15, -0.1) is 0 Å². The van der Waals surface area contributed by atoms with E-state index in [2.05, 4.69) is 28.4 Å². The lowest BCUT2D eigenvalue weighted by molar-refractivity contribution is -0.453. The number of carbonyl (C=O) groups excluding carboxylic acids is 1. The van der Waals surface area contributed by atoms with Crippen molar-refractivity contribution in [2.45, 2.75) is 106 Å². The molecule has 0 aliphatic rings. The standard InChI is InChI=1S/C39H40F22O11/c1-28(2,40)37(56,57)70-31(44,34(47,48)49)19-63-11-14-66-24-17-22(27(62)69-23-9-7-6-8-10-23)18-25(67-15-12-64-21-33(46,36(53,54)55)72-39(60,61)30(5,42)43)26(24)68-16-13-65-20-32(45,35(50,51)52)71-38(58,59)29(3,4)41/h6-10,17-18H,11-16,19-21H2,1-5H3. The number of rotatable bonds is 29. The number of esters is 1. The average Bonchev–Trinajstić information content (AvgIpc) is 3.18. The van der Waals surface area contributed by atoms with Gasteiger partial charge in [0.1, 0.15) is 45.4 Å². The lowest BCUT2D eigenvalue weighted by atomic mass is 10.1. The van der Waals surface area contributed by atoms with Crippen LogP contribution in [0.1, 0.15) is 45.0 Å². The minimum absolute atomic E-state index is 0.0221. The van der Waals surface area contributed by atoms with Crippen LogP contribution in [0.15, 0.2) is 42.5 Å². The van der Waals surface area contributed by atoms with Crippen molar-refractivity contribution in [2.75, 3.05) is 59.5 Å². The summed E-state index contributed by atoms with van der Waals surface area (Å²) in [4.78, 5) is 13.2. The van der Waals surface area contributed by atoms with Gasteiger partial charge in [0, 0.05) is 6.92 Å². The molecule has 11 nitrogen and oxygen atoms in total. The molecule has 2 aromatic rings. The van der Waals surface area contributed by atoms with E-state index >= 15 is 0 Å². The first-order valence-corrected chi connectivity index (χ1v) is 19.6. The normalized spacial score (nSPS) is 16.4. The van der Waals surface area contributed by atoms with Crippen molar-refractivity contribution in [2.24, 2.45) is 0 Å². The zero-order valence-corrected chi connectivity index (χ0v) is 37.2. The van der Waals surface area contributed by atoms with Crippen LogP contribution in [0.2, 0.25) is 0 Å². The molecule has 0 aromatic heterocycles. The lowest BCUT2D eigenvalue weighted by Gasteiger charge is -2.34. The van der Waals surface area contributed by atoms with Crippen molar-refractivity contribution >= 4 is 5.97 Å². The van der Waals surface area contributed by atoms with E-state index in [4.69, 9.17) is 18.9 Å². The molecule has 0 N–H and O–H groups in total. The lowest BCUT2D eigenvalue weighted by Crippen LogP contribution is -2.56. The summed E-state index contributed by atoms with van der Waals surface area (Å²) in [7, 11) is 0. The second-order valence-corrected chi connectivity index (χ2v) is 15.6. The molecule has 0 aliphatic carbocycles. The molecule has 2 aromatic carbocycles. The first-order valence-electron chi connectivity index (χ1n) is 19.6. The number of para-hydroxylation sites is 1. The highest BCUT2D eigenvalue weighted by Gasteiger charge is 2.69. The maximum atomic E-state index is 14.8. The van der Waals surface area contributed by atoms with Crippen molar-refractivity contribution in [1.29, 1.82) is 0 Å². The van der Waals surface area contributed by atoms with Gasteiger partial charge >= 0.3 is 66.3 Å². The Labute approximate surface area is 391 Å². The number of carbonyl (C=O) groups is 1. The van der Waals surface area contributed by atoms with Crippen LogP contribution in [-0.2, 0) is 28.4 Å². The molecule has 0 bridgehead atoms. The summed E-state index contributed by atoms with van der Waals surface area (Å²) in [6.07, 6.45) is -36.2. The molecule has 33 heteroatoms. The van der Waals surface area contributed by atoms with E-state index < -0.39 is 167 Å². The minimum atomic E-state index is -6.49. The van der Waals surface area contributed by atoms with Crippen LogP contribution in [-0.4, -0.2) is 137 Å². The molecule has 0 spiro atoms. The Bertz CT molecular complexity index is 1950. The molecule has 3 unspecified atom stereocenters. The van der Waals surface area contributed by atoms with Crippen LogP contribution in [0.4, 0.5) is 96.6 Å². The van der Waals surface area contributed by atoms with Crippen LogP contribution in [0.5, 0.6) is 23.0 Å². The number of ether oxygens (including phenoxy) is 10. The third-order valence-electron chi connectivity index (χ3n) is 8.55. The molecule has 0 aliphatic heterocycles. The van der Waals surface area contributed by atoms with E-state index in [1.807, 2.05) is 0 Å². The van der Waals surface area contributed by atoms with E-state index in [-0.39, 0.29) is 33.4 Å². The van der Waals surface area contributed by atoms with Crippen molar-refractivity contribution in [1.82, 2.24) is 0 Å². The van der Waals surface area contributed by atoms with Gasteiger partial charge in [0.25, 0.3) is 0 Å². The molecule has 0 heterocycles. The van der Waals surface area contributed by atoms with Gasteiger partial charge < -0.3 is 33.2 Å². The van der Waals surface area contributed by atoms with Crippen LogP contribution in [0.3, 0.4) is 0 Å². The number of hydrogen-bond acceptors (Lipinski definition) is 11. The van der Waals surface area contributed by atoms with Gasteiger partial charge in [0.15, 0.2) is 22.8 Å². The summed E-state index contributed by atoms with van der Waals surface area (Å²) in [5.74, 6) is -26.5. The SMILES string of the molecule is CC(C)(F)C(F)(F)OC(F)(COCCOc1cc(C(=O)Oc2ccccc2)cc(OCCOCC(F)(OC(F)(F)C(C)(F)F)C(F)(F)F)c1OCCOCC(F)(OC(F)(F)C(C)(C)F)C(F)(F)F)C(F)(F)F. The van der Waals surface area contributed by atoms with E-state index in [1.54, 1.807) is 0 Å². The second-order valence-electron chi connectivity index (χ2n) is 15.6. The molecule has 2 rings (SSSR count). The Morgan fingerprint density at radius 2 is 0.750 bits per heavy atom. The molecule has 3 atom stereocenters. The maximum absolute atomic E-state index is 14.8. The third-order valence-corrected chi connectivity index (χ3v) is 8.55. The maximum Gasteiger partial charge on any atom is 0.451 e. The van der Waals surface area contributed by atoms with Crippen molar-refractivity contribution < 1.29 is 149 Å². The zero-order chi connectivity index (χ0) is 55.8. The highest BCUT2D eigenvalue weighted by atomic mass is 19.4. The number of alkyl halides is 22. The van der Waals surface area contributed by atoms with Gasteiger partial charge in [0.2, 0.25) is 5.75 Å². The molecule has 0 radical (unpaired) electrons. The van der Waals surface area contributed by atoms with Crippen LogP contribution >= 0.6 is 0 Å². The topological polar surface area (TPSA) is 109 Å². The Morgan fingerprint density at radius 3 is 1.06 bits per heavy atom. The summed E-state index contributed by atoms with van der Waals surface area (Å²) < 4.78 is 347. The first-order chi connectivity index (χ1) is 32.3. The number of halogens is 22. The average molecular weight is 1100 g/mol. The Hall–Kier alpha value is -4.47. The van der Waals surface area contributed by atoms with Gasteiger partial charge in [-0.05, 0) is 52.0 Å². The molecule has 0 fully saturated rings. The van der Waals surface area contributed by atoms with E-state index in [1.165, 1.54) is 30.3 Å². The fraction of sp³-hybridized carbons (Fsp3) is 0.667. The summed E-state index contributed by atoms with van der Waals surface area (Å²) in [6.45, 7) is -15.8. The van der Waals surface area contributed by atoms with Gasteiger partial charge in [-0.1, -0.05) is 18.2 Å². The summed E-state index contributed by atoms with van der Waals surface area (Å²) in [5, 5.41) is 0. The van der Waals surface area contributed by atoms with E-state index in [9.17, 15) is 101 Å². The largest absolute Gasteiger partial charge is 0.487 e. The van der Waals surface area contributed by atoms with E-state index in [0.29, 0.717) is 12.1 Å². The molecular weight excluding hydrogens is 1060 g/mol. The molecule has 72 heavy (non-hydrogen) atoms. The predicted molar refractivity (Wildman–Crippen MR) is 196 cm³/mol. The quantitative estimate of drug-likeness (QED) is 0.0336. The Kier molecular flexibility index (Phi) is 20.3. The smallest absolute Gasteiger partial charge is 0.451 e. The summed E-state index contributed by atoms with van der Waals surface area (Å²) in [6, 6.07) is 7.70. The van der Waals surface area contributed by atoms with Crippen LogP contribution < -0.4 is 18.9 Å². The first kappa shape index (κ1) is 63.6. The van der Waals surface area contributed by atoms with Crippen molar-refractivity contribution in [3.63, 3.8) is 0 Å². The molecule has 0 saturated heterocycles. The molecule has 0 saturated carbocycles. The van der Waals surface area contributed by atoms with Crippen LogP contribution in [0.25, 0.3) is 0 Å². The van der Waals surface area contributed by atoms with Crippen molar-refractivity contribution in [3.8, 4) is 23.0 Å². The van der Waals surface area contributed by atoms with Gasteiger partial charge in [-0.25, -0.2) is 13.6 Å². The Balaban J connectivity index is 2.56. The molecule has 416 valence electrons. The van der Waals surface area contributed by atoms with Crippen LogP contribution in [0, 0.1) is 0 Å². The van der Waals surface area contributed by atoms with Gasteiger partial charge in [-0.2, -0.15) is 87.8 Å². The fourth-order valence-electron chi connectivity index (χ4n) is 4.39. The highest BCUT2D eigenvalue weighted by Crippen LogP contribution is 2.47. The number of benzene rings is 2.